The van der Waals surface area contributed by atoms with E-state index < -0.39 is 5.97 Å². The van der Waals surface area contributed by atoms with Crippen molar-refractivity contribution >= 4 is 23.5 Å². The van der Waals surface area contributed by atoms with Crippen LogP contribution in [0.4, 0.5) is 0 Å². The van der Waals surface area contributed by atoms with Crippen LogP contribution in [0, 0.1) is 19.8 Å². The molecule has 9 heteroatoms. The second kappa shape index (κ2) is 8.28. The number of carbonyl (C=O) groups is 2. The van der Waals surface area contributed by atoms with E-state index in [4.69, 9.17) is 4.74 Å². The smallest absolute Gasteiger partial charge is 0.355 e. The number of ketones is 1. The lowest BCUT2D eigenvalue weighted by atomic mass is 10.1. The van der Waals surface area contributed by atoms with Crippen LogP contribution in [0.5, 0.6) is 0 Å². The summed E-state index contributed by atoms with van der Waals surface area (Å²) in [5.74, 6) is 0.0710. The average molecular weight is 365 g/mol. The zero-order valence-electron chi connectivity index (χ0n) is 15.1. The largest absolute Gasteiger partial charge is 0.461 e. The minimum atomic E-state index is -0.448. The number of esters is 1. The highest BCUT2D eigenvalue weighted by Gasteiger charge is 2.23. The molecule has 0 saturated heterocycles. The van der Waals surface area contributed by atoms with Crippen LogP contribution < -0.4 is 0 Å². The minimum absolute atomic E-state index is 0.0779. The maximum Gasteiger partial charge on any atom is 0.355 e. The van der Waals surface area contributed by atoms with Gasteiger partial charge < -0.3 is 9.72 Å². The molecule has 0 aromatic carbocycles. The van der Waals surface area contributed by atoms with Gasteiger partial charge >= 0.3 is 5.97 Å². The fourth-order valence-electron chi connectivity index (χ4n) is 2.54. The molecule has 0 aliphatic rings. The Balaban J connectivity index is 2.12. The van der Waals surface area contributed by atoms with Crippen molar-refractivity contribution in [1.82, 2.24) is 25.2 Å². The van der Waals surface area contributed by atoms with Gasteiger partial charge in [-0.1, -0.05) is 25.6 Å². The van der Waals surface area contributed by atoms with E-state index in [2.05, 4.69) is 34.4 Å². The molecule has 25 heavy (non-hydrogen) atoms. The lowest BCUT2D eigenvalue weighted by molar-refractivity contribution is 0.0519. The molecule has 2 heterocycles. The van der Waals surface area contributed by atoms with E-state index in [9.17, 15) is 9.59 Å². The van der Waals surface area contributed by atoms with E-state index in [1.807, 2.05) is 0 Å². The normalized spacial score (nSPS) is 11.1. The van der Waals surface area contributed by atoms with E-state index >= 15 is 0 Å². The summed E-state index contributed by atoms with van der Waals surface area (Å²) in [5.41, 5.74) is 2.13. The van der Waals surface area contributed by atoms with Crippen LogP contribution in [0.25, 0.3) is 0 Å². The highest BCUT2D eigenvalue weighted by molar-refractivity contribution is 7.99. The Morgan fingerprint density at radius 2 is 2.04 bits per heavy atom. The highest BCUT2D eigenvalue weighted by Crippen LogP contribution is 2.23. The first-order chi connectivity index (χ1) is 11.8. The number of nitrogens with zero attached hydrogens (tertiary/aromatic N) is 4. The molecule has 0 bridgehead atoms. The Labute approximate surface area is 150 Å². The zero-order valence-corrected chi connectivity index (χ0v) is 15.9. The Morgan fingerprint density at radius 3 is 2.68 bits per heavy atom. The number of thioether (sulfide) groups is 1. The van der Waals surface area contributed by atoms with Crippen molar-refractivity contribution in [3.63, 3.8) is 0 Å². The number of aromatic nitrogens is 5. The van der Waals surface area contributed by atoms with Gasteiger partial charge in [-0.2, -0.15) is 0 Å². The van der Waals surface area contributed by atoms with Crippen molar-refractivity contribution in [3.05, 3.63) is 22.5 Å². The molecule has 0 fully saturated rings. The van der Waals surface area contributed by atoms with Gasteiger partial charge in [0.2, 0.25) is 5.16 Å². The monoisotopic (exact) mass is 365 g/mol. The summed E-state index contributed by atoms with van der Waals surface area (Å²) in [6.07, 6.45) is 0. The first kappa shape index (κ1) is 19.2. The summed E-state index contributed by atoms with van der Waals surface area (Å²) in [5, 5.41) is 12.2. The summed E-state index contributed by atoms with van der Waals surface area (Å²) in [6, 6.07) is 0. The molecule has 0 unspecified atom stereocenters. The Kier molecular flexibility index (Phi) is 6.35. The summed E-state index contributed by atoms with van der Waals surface area (Å²) in [6.45, 7) is 10.4. The summed E-state index contributed by atoms with van der Waals surface area (Å²) < 4.78 is 6.71. The second-order valence-electron chi connectivity index (χ2n) is 6.09. The highest BCUT2D eigenvalue weighted by atomic mass is 32.2. The molecule has 0 amide bonds. The third-order valence-corrected chi connectivity index (χ3v) is 4.52. The molecule has 0 spiro atoms. The number of Topliss-reactive ketones (excluding diaryl/α,β-unsaturated/α-hetero) is 1. The zero-order chi connectivity index (χ0) is 18.6. The van der Waals surface area contributed by atoms with E-state index in [-0.39, 0.29) is 18.1 Å². The van der Waals surface area contributed by atoms with Crippen LogP contribution in [-0.4, -0.2) is 49.3 Å². The van der Waals surface area contributed by atoms with E-state index in [1.165, 1.54) is 11.8 Å². The van der Waals surface area contributed by atoms with E-state index in [0.717, 1.165) is 0 Å². The predicted molar refractivity (Wildman–Crippen MR) is 93.9 cm³/mol. The molecular weight excluding hydrogens is 342 g/mol. The molecule has 8 nitrogen and oxygen atoms in total. The van der Waals surface area contributed by atoms with E-state index in [0.29, 0.717) is 40.1 Å². The molecule has 2 rings (SSSR count). The first-order valence-electron chi connectivity index (χ1n) is 8.13. The first-order valence-corrected chi connectivity index (χ1v) is 9.12. The predicted octanol–water partition coefficient (Wildman–Crippen LogP) is 2.43. The summed E-state index contributed by atoms with van der Waals surface area (Å²) in [7, 11) is 0. The number of tetrazole rings is 1. The van der Waals surface area contributed by atoms with Crippen molar-refractivity contribution in [2.75, 3.05) is 12.4 Å². The number of ether oxygens (including phenoxy) is 1. The Bertz CT molecular complexity index is 766. The van der Waals surface area contributed by atoms with Gasteiger partial charge in [-0.05, 0) is 42.7 Å². The minimum Gasteiger partial charge on any atom is -0.461 e. The number of rotatable bonds is 8. The fraction of sp³-hybridized carbons (Fsp3) is 0.562. The molecule has 136 valence electrons. The van der Waals surface area contributed by atoms with Gasteiger partial charge in [-0.3, -0.25) is 4.79 Å². The van der Waals surface area contributed by atoms with Crippen molar-refractivity contribution in [2.24, 2.45) is 5.92 Å². The molecule has 0 radical (unpaired) electrons. The molecular formula is C16H23N5O3S. The summed E-state index contributed by atoms with van der Waals surface area (Å²) in [4.78, 5) is 27.5. The van der Waals surface area contributed by atoms with Gasteiger partial charge in [0.1, 0.15) is 5.69 Å². The van der Waals surface area contributed by atoms with Gasteiger partial charge in [0.05, 0.1) is 12.4 Å². The fourth-order valence-corrected chi connectivity index (χ4v) is 3.30. The van der Waals surface area contributed by atoms with Gasteiger partial charge in [0.15, 0.2) is 5.78 Å². The van der Waals surface area contributed by atoms with Crippen molar-refractivity contribution < 1.29 is 14.3 Å². The Hall–Kier alpha value is -2.16. The number of aromatic amines is 1. The number of hydrogen-bond donors (Lipinski definition) is 1. The third kappa shape index (κ3) is 4.47. The number of aryl methyl sites for hydroxylation is 1. The lowest BCUT2D eigenvalue weighted by Crippen LogP contribution is -2.10. The van der Waals surface area contributed by atoms with Crippen LogP contribution in [0.15, 0.2) is 5.16 Å². The van der Waals surface area contributed by atoms with Gasteiger partial charge in [-0.25, -0.2) is 9.48 Å². The van der Waals surface area contributed by atoms with Gasteiger partial charge in [0, 0.05) is 17.8 Å². The van der Waals surface area contributed by atoms with Crippen LogP contribution >= 0.6 is 11.8 Å². The van der Waals surface area contributed by atoms with E-state index in [1.54, 1.807) is 25.5 Å². The average Bonchev–Trinajstić information content (AvgIpc) is 3.08. The lowest BCUT2D eigenvalue weighted by Gasteiger charge is -2.06. The Morgan fingerprint density at radius 1 is 1.32 bits per heavy atom. The number of nitrogens with one attached hydrogen (secondary N) is 1. The SMILES string of the molecule is CCOC(=O)c1[nH]c(C)c(C(=O)CSc2nnnn2CC(C)C)c1C. The maximum absolute atomic E-state index is 12.6. The van der Waals surface area contributed by atoms with Crippen molar-refractivity contribution in [3.8, 4) is 0 Å². The molecule has 2 aromatic heterocycles. The number of hydrogen-bond acceptors (Lipinski definition) is 7. The maximum atomic E-state index is 12.6. The quantitative estimate of drug-likeness (QED) is 0.435. The molecule has 0 aliphatic heterocycles. The number of carbonyl (C=O) groups excluding carboxylic acids is 2. The van der Waals surface area contributed by atoms with Crippen LogP contribution in [0.3, 0.4) is 0 Å². The standard InChI is InChI=1S/C16H23N5O3S/c1-6-24-15(23)14-10(4)13(11(5)17-14)12(22)8-25-16-18-19-20-21(16)7-9(2)3/h9,17H,6-8H2,1-5H3. The van der Waals surface area contributed by atoms with Crippen LogP contribution in [0.2, 0.25) is 0 Å². The van der Waals surface area contributed by atoms with Gasteiger partial charge in [0.25, 0.3) is 0 Å². The molecule has 0 saturated carbocycles. The van der Waals surface area contributed by atoms with Crippen LogP contribution in [0.1, 0.15) is 52.9 Å². The van der Waals surface area contributed by atoms with Crippen LogP contribution in [-0.2, 0) is 11.3 Å². The van der Waals surface area contributed by atoms with Gasteiger partial charge in [-0.15, -0.1) is 5.10 Å². The topological polar surface area (TPSA) is 103 Å². The van der Waals surface area contributed by atoms with Crippen molar-refractivity contribution in [1.29, 1.82) is 0 Å². The molecule has 0 aliphatic carbocycles. The second-order valence-corrected chi connectivity index (χ2v) is 7.04. The molecule has 0 atom stereocenters. The number of H-pyrrole nitrogens is 1. The summed E-state index contributed by atoms with van der Waals surface area (Å²) >= 11 is 1.29. The third-order valence-electron chi connectivity index (χ3n) is 3.57. The molecule has 1 N–H and O–H groups in total. The van der Waals surface area contributed by atoms with Crippen molar-refractivity contribution in [2.45, 2.75) is 46.3 Å². The molecule has 2 aromatic rings.